The molecule has 0 fully saturated rings. The Labute approximate surface area is 170 Å². The number of benzene rings is 2. The predicted molar refractivity (Wildman–Crippen MR) is 112 cm³/mol. The van der Waals surface area contributed by atoms with Crippen LogP contribution in [0.4, 0.5) is 5.82 Å². The van der Waals surface area contributed by atoms with Crippen LogP contribution in [0.1, 0.15) is 11.3 Å². The molecule has 0 radical (unpaired) electrons. The first kappa shape index (κ1) is 18.5. The minimum Gasteiger partial charge on any atom is -0.484 e. The predicted octanol–water partition coefficient (Wildman–Crippen LogP) is 4.77. The highest BCUT2D eigenvalue weighted by atomic mass is 35.5. The molecule has 4 aromatic rings. The summed E-state index contributed by atoms with van der Waals surface area (Å²) in [6.45, 7) is 3.75. The van der Waals surface area contributed by atoms with Gasteiger partial charge in [0.25, 0.3) is 5.91 Å². The quantitative estimate of drug-likeness (QED) is 0.512. The number of para-hydroxylation sites is 1. The number of nitrogens with one attached hydrogen (secondary N) is 1. The molecule has 8 heteroatoms. The number of thiazole rings is 1. The zero-order valence-corrected chi connectivity index (χ0v) is 16.8. The number of amides is 1. The van der Waals surface area contributed by atoms with Gasteiger partial charge >= 0.3 is 0 Å². The molecular formula is C20H17ClN4O2S. The molecule has 1 N–H and O–H groups in total. The summed E-state index contributed by atoms with van der Waals surface area (Å²) in [6, 6.07) is 15.0. The zero-order chi connectivity index (χ0) is 19.7. The van der Waals surface area contributed by atoms with E-state index in [1.54, 1.807) is 16.8 Å². The second-order valence-electron chi connectivity index (χ2n) is 6.32. The fraction of sp³-hybridized carbons (Fsp3) is 0.150. The Morgan fingerprint density at radius 1 is 1.21 bits per heavy atom. The van der Waals surface area contributed by atoms with Crippen LogP contribution in [0.3, 0.4) is 0 Å². The Morgan fingerprint density at radius 2 is 2.00 bits per heavy atom. The molecule has 0 bridgehead atoms. The summed E-state index contributed by atoms with van der Waals surface area (Å²) < 4.78 is 8.10. The highest BCUT2D eigenvalue weighted by Gasteiger charge is 2.15. The van der Waals surface area contributed by atoms with E-state index in [9.17, 15) is 4.79 Å². The number of fused-ring (bicyclic) bond motifs is 1. The minimum atomic E-state index is -0.277. The molecular weight excluding hydrogens is 396 g/mol. The van der Waals surface area contributed by atoms with E-state index in [0.717, 1.165) is 21.5 Å². The van der Waals surface area contributed by atoms with E-state index in [0.29, 0.717) is 21.7 Å². The standard InChI is InChI=1S/C20H17ClN4O2S/c1-12-6-8-14(9-7-12)27-11-18(26)22-17-10-13(2)24-25(17)20-23-19-15(21)4-3-5-16(19)28-20/h3-10H,11H2,1-2H3,(H,22,26). The Bertz CT molecular complexity index is 1150. The molecule has 0 aliphatic carbocycles. The summed E-state index contributed by atoms with van der Waals surface area (Å²) in [5, 5.41) is 8.51. The number of hydrogen-bond donors (Lipinski definition) is 1. The highest BCUT2D eigenvalue weighted by molar-refractivity contribution is 7.20. The highest BCUT2D eigenvalue weighted by Crippen LogP contribution is 2.31. The van der Waals surface area contributed by atoms with E-state index < -0.39 is 0 Å². The molecule has 1 amide bonds. The molecule has 6 nitrogen and oxygen atoms in total. The first-order valence-electron chi connectivity index (χ1n) is 8.61. The fourth-order valence-corrected chi connectivity index (χ4v) is 3.92. The summed E-state index contributed by atoms with van der Waals surface area (Å²) in [5.74, 6) is 0.900. The number of halogens is 1. The van der Waals surface area contributed by atoms with Gasteiger partial charge in [0, 0.05) is 6.07 Å². The minimum absolute atomic E-state index is 0.0983. The number of ether oxygens (including phenoxy) is 1. The Kier molecular flexibility index (Phi) is 5.02. The third-order valence-corrected chi connectivity index (χ3v) is 5.33. The van der Waals surface area contributed by atoms with Crippen molar-refractivity contribution in [3.63, 3.8) is 0 Å². The van der Waals surface area contributed by atoms with E-state index in [4.69, 9.17) is 16.3 Å². The lowest BCUT2D eigenvalue weighted by molar-refractivity contribution is -0.118. The van der Waals surface area contributed by atoms with E-state index in [1.807, 2.05) is 50.2 Å². The Balaban J connectivity index is 1.53. The summed E-state index contributed by atoms with van der Waals surface area (Å²) in [5.41, 5.74) is 2.62. The van der Waals surface area contributed by atoms with Crippen LogP contribution in [0, 0.1) is 13.8 Å². The van der Waals surface area contributed by atoms with Crippen LogP contribution in [0.2, 0.25) is 5.02 Å². The molecule has 142 valence electrons. The monoisotopic (exact) mass is 412 g/mol. The molecule has 0 saturated heterocycles. The molecule has 0 saturated carbocycles. The average molecular weight is 413 g/mol. The van der Waals surface area contributed by atoms with Crippen LogP contribution in [0.5, 0.6) is 5.75 Å². The van der Waals surface area contributed by atoms with Crippen molar-refractivity contribution in [2.24, 2.45) is 0 Å². The van der Waals surface area contributed by atoms with Gasteiger partial charge in [-0.05, 0) is 38.1 Å². The van der Waals surface area contributed by atoms with Gasteiger partial charge in [-0.3, -0.25) is 4.79 Å². The largest absolute Gasteiger partial charge is 0.484 e. The van der Waals surface area contributed by atoms with Crippen molar-refractivity contribution in [1.82, 2.24) is 14.8 Å². The summed E-state index contributed by atoms with van der Waals surface area (Å²) >= 11 is 7.68. The first-order valence-corrected chi connectivity index (χ1v) is 9.80. The van der Waals surface area contributed by atoms with Gasteiger partial charge < -0.3 is 10.1 Å². The molecule has 0 spiro atoms. The SMILES string of the molecule is Cc1ccc(OCC(=O)Nc2cc(C)nn2-c2nc3c(Cl)cccc3s2)cc1. The number of anilines is 1. The summed E-state index contributed by atoms with van der Waals surface area (Å²) in [7, 11) is 0. The second-order valence-corrected chi connectivity index (χ2v) is 7.73. The molecule has 0 aliphatic rings. The van der Waals surface area contributed by atoms with Crippen LogP contribution in [-0.4, -0.2) is 27.3 Å². The molecule has 2 aromatic heterocycles. The van der Waals surface area contributed by atoms with E-state index in [-0.39, 0.29) is 12.5 Å². The number of aromatic nitrogens is 3. The van der Waals surface area contributed by atoms with E-state index in [1.165, 1.54) is 11.3 Å². The Hall–Kier alpha value is -2.90. The number of carbonyl (C=O) groups excluding carboxylic acids is 1. The molecule has 0 aliphatic heterocycles. The number of aryl methyl sites for hydroxylation is 2. The number of hydrogen-bond acceptors (Lipinski definition) is 5. The maximum Gasteiger partial charge on any atom is 0.263 e. The summed E-state index contributed by atoms with van der Waals surface area (Å²) in [4.78, 5) is 16.9. The van der Waals surface area contributed by atoms with Crippen LogP contribution in [0.25, 0.3) is 15.3 Å². The fourth-order valence-electron chi connectivity index (χ4n) is 2.69. The van der Waals surface area contributed by atoms with Crippen LogP contribution in [-0.2, 0) is 4.79 Å². The lowest BCUT2D eigenvalue weighted by atomic mass is 10.2. The molecule has 0 atom stereocenters. The smallest absolute Gasteiger partial charge is 0.263 e. The first-order chi connectivity index (χ1) is 13.5. The van der Waals surface area contributed by atoms with Crippen LogP contribution >= 0.6 is 22.9 Å². The van der Waals surface area contributed by atoms with Gasteiger partial charge in [-0.25, -0.2) is 4.98 Å². The lowest BCUT2D eigenvalue weighted by Gasteiger charge is -2.08. The zero-order valence-electron chi connectivity index (χ0n) is 15.3. The Morgan fingerprint density at radius 3 is 2.75 bits per heavy atom. The second kappa shape index (κ2) is 7.61. The average Bonchev–Trinajstić information content (AvgIpc) is 3.25. The van der Waals surface area contributed by atoms with E-state index in [2.05, 4.69) is 15.4 Å². The van der Waals surface area contributed by atoms with Crippen molar-refractivity contribution in [1.29, 1.82) is 0 Å². The van der Waals surface area contributed by atoms with Crippen LogP contribution in [0.15, 0.2) is 48.5 Å². The van der Waals surface area contributed by atoms with Crippen molar-refractivity contribution >= 4 is 44.9 Å². The molecule has 0 unspecified atom stereocenters. The maximum absolute atomic E-state index is 12.4. The van der Waals surface area contributed by atoms with Gasteiger partial charge in [0.2, 0.25) is 5.13 Å². The molecule has 4 rings (SSSR count). The van der Waals surface area contributed by atoms with Crippen molar-refractivity contribution in [3.05, 3.63) is 64.8 Å². The lowest BCUT2D eigenvalue weighted by Crippen LogP contribution is -2.21. The van der Waals surface area contributed by atoms with Gasteiger partial charge in [0.15, 0.2) is 6.61 Å². The van der Waals surface area contributed by atoms with Gasteiger partial charge in [0.05, 0.1) is 15.4 Å². The van der Waals surface area contributed by atoms with Crippen molar-refractivity contribution < 1.29 is 9.53 Å². The maximum atomic E-state index is 12.4. The van der Waals surface area contributed by atoms with Gasteiger partial charge in [-0.15, -0.1) is 0 Å². The topological polar surface area (TPSA) is 69.0 Å². The van der Waals surface area contributed by atoms with Gasteiger partial charge in [-0.1, -0.05) is 46.7 Å². The van der Waals surface area contributed by atoms with Crippen molar-refractivity contribution in [2.75, 3.05) is 11.9 Å². The van der Waals surface area contributed by atoms with Crippen molar-refractivity contribution in [2.45, 2.75) is 13.8 Å². The van der Waals surface area contributed by atoms with Crippen LogP contribution < -0.4 is 10.1 Å². The third-order valence-electron chi connectivity index (χ3n) is 4.03. The van der Waals surface area contributed by atoms with Gasteiger partial charge in [0.1, 0.15) is 17.1 Å². The third kappa shape index (κ3) is 3.85. The number of carbonyl (C=O) groups is 1. The number of rotatable bonds is 5. The number of nitrogens with zero attached hydrogens (tertiary/aromatic N) is 3. The molecule has 2 heterocycles. The molecule has 2 aromatic carbocycles. The van der Waals surface area contributed by atoms with E-state index >= 15 is 0 Å². The van der Waals surface area contributed by atoms with Crippen molar-refractivity contribution in [3.8, 4) is 10.9 Å². The normalized spacial score (nSPS) is 11.0. The molecule has 28 heavy (non-hydrogen) atoms. The van der Waals surface area contributed by atoms with Gasteiger partial charge in [-0.2, -0.15) is 9.78 Å². The summed E-state index contributed by atoms with van der Waals surface area (Å²) in [6.07, 6.45) is 0.